The maximum absolute atomic E-state index is 4.51. The number of aromatic nitrogens is 2. The summed E-state index contributed by atoms with van der Waals surface area (Å²) < 4.78 is 1.26. The number of thiazole rings is 2. The summed E-state index contributed by atoms with van der Waals surface area (Å²) in [6, 6.07) is 6.56. The van der Waals surface area contributed by atoms with Crippen LogP contribution in [0.1, 0.15) is 16.3 Å². The first-order chi connectivity index (χ1) is 9.70. The molecule has 0 saturated carbocycles. The largest absolute Gasteiger partial charge is 0.302 e. The Morgan fingerprint density at radius 1 is 1.25 bits per heavy atom. The molecule has 0 unspecified atom stereocenters. The second-order valence-electron chi connectivity index (χ2n) is 5.02. The first kappa shape index (κ1) is 13.7. The van der Waals surface area contributed by atoms with E-state index in [4.69, 9.17) is 0 Å². The van der Waals surface area contributed by atoms with Crippen LogP contribution in [0.4, 0.5) is 0 Å². The fraction of sp³-hybridized carbons (Fsp3) is 0.333. The van der Waals surface area contributed by atoms with Gasteiger partial charge in [0.05, 0.1) is 20.7 Å². The fourth-order valence-electron chi connectivity index (χ4n) is 2.20. The number of aryl methyl sites for hydroxylation is 1. The van der Waals surface area contributed by atoms with E-state index < -0.39 is 0 Å². The van der Waals surface area contributed by atoms with E-state index in [2.05, 4.69) is 45.5 Å². The zero-order chi connectivity index (χ0) is 13.9. The van der Waals surface area contributed by atoms with Gasteiger partial charge in [0.2, 0.25) is 0 Å². The molecule has 0 amide bonds. The molecule has 0 saturated heterocycles. The van der Waals surface area contributed by atoms with Gasteiger partial charge in [0, 0.05) is 30.6 Å². The predicted octanol–water partition coefficient (Wildman–Crippen LogP) is 3.74. The molecule has 104 valence electrons. The lowest BCUT2D eigenvalue weighted by Gasteiger charge is -2.15. The average Bonchev–Trinajstić information content (AvgIpc) is 3.04. The highest BCUT2D eigenvalue weighted by molar-refractivity contribution is 7.16. The molecule has 20 heavy (non-hydrogen) atoms. The summed E-state index contributed by atoms with van der Waals surface area (Å²) in [7, 11) is 2.16. The SMILES string of the molecule is Cc1csc(CCN(C)Cc2ccc3scnc3c2)n1. The molecule has 3 aromatic rings. The van der Waals surface area contributed by atoms with Gasteiger partial charge in [-0.1, -0.05) is 6.07 Å². The van der Waals surface area contributed by atoms with Crippen LogP contribution in [0, 0.1) is 6.92 Å². The van der Waals surface area contributed by atoms with E-state index in [0.29, 0.717) is 0 Å². The Morgan fingerprint density at radius 2 is 2.15 bits per heavy atom. The van der Waals surface area contributed by atoms with Gasteiger partial charge in [0.15, 0.2) is 0 Å². The maximum Gasteiger partial charge on any atom is 0.0940 e. The van der Waals surface area contributed by atoms with Gasteiger partial charge in [-0.15, -0.1) is 22.7 Å². The van der Waals surface area contributed by atoms with E-state index in [0.717, 1.165) is 30.7 Å². The molecule has 2 heterocycles. The van der Waals surface area contributed by atoms with Gasteiger partial charge in [-0.05, 0) is 31.7 Å². The quantitative estimate of drug-likeness (QED) is 0.719. The lowest BCUT2D eigenvalue weighted by atomic mass is 10.2. The van der Waals surface area contributed by atoms with Gasteiger partial charge in [-0.25, -0.2) is 9.97 Å². The van der Waals surface area contributed by atoms with Crippen LogP contribution in [0.25, 0.3) is 10.2 Å². The molecule has 0 aliphatic heterocycles. The zero-order valence-corrected chi connectivity index (χ0v) is 13.3. The van der Waals surface area contributed by atoms with Crippen molar-refractivity contribution in [3.05, 3.63) is 45.4 Å². The third-order valence-electron chi connectivity index (χ3n) is 3.22. The summed E-state index contributed by atoms with van der Waals surface area (Å²) in [5.41, 5.74) is 5.46. The van der Waals surface area contributed by atoms with Crippen molar-refractivity contribution in [3.8, 4) is 0 Å². The molecule has 0 aliphatic rings. The molecule has 5 heteroatoms. The topological polar surface area (TPSA) is 29.0 Å². The highest BCUT2D eigenvalue weighted by Crippen LogP contribution is 2.19. The number of rotatable bonds is 5. The van der Waals surface area contributed by atoms with Crippen molar-refractivity contribution < 1.29 is 0 Å². The molecule has 0 aliphatic carbocycles. The summed E-state index contributed by atoms with van der Waals surface area (Å²) in [5.74, 6) is 0. The van der Waals surface area contributed by atoms with Crippen molar-refractivity contribution in [2.45, 2.75) is 19.9 Å². The highest BCUT2D eigenvalue weighted by Gasteiger charge is 2.05. The smallest absolute Gasteiger partial charge is 0.0940 e. The van der Waals surface area contributed by atoms with Crippen LogP contribution in [0.3, 0.4) is 0 Å². The van der Waals surface area contributed by atoms with Crippen LogP contribution < -0.4 is 0 Å². The van der Waals surface area contributed by atoms with Gasteiger partial charge < -0.3 is 4.90 Å². The second kappa shape index (κ2) is 5.99. The average molecular weight is 303 g/mol. The van der Waals surface area contributed by atoms with Crippen molar-refractivity contribution in [1.29, 1.82) is 0 Å². The predicted molar refractivity (Wildman–Crippen MR) is 86.5 cm³/mol. The number of hydrogen-bond acceptors (Lipinski definition) is 5. The molecule has 3 rings (SSSR count). The van der Waals surface area contributed by atoms with E-state index in [1.165, 1.54) is 15.3 Å². The minimum Gasteiger partial charge on any atom is -0.302 e. The van der Waals surface area contributed by atoms with E-state index >= 15 is 0 Å². The van der Waals surface area contributed by atoms with Crippen LogP contribution in [0.5, 0.6) is 0 Å². The van der Waals surface area contributed by atoms with Crippen molar-refractivity contribution in [2.24, 2.45) is 0 Å². The molecule has 0 bridgehead atoms. The van der Waals surface area contributed by atoms with Crippen LogP contribution in [0.2, 0.25) is 0 Å². The van der Waals surface area contributed by atoms with Gasteiger partial charge in [0.1, 0.15) is 0 Å². The van der Waals surface area contributed by atoms with Gasteiger partial charge >= 0.3 is 0 Å². The minimum absolute atomic E-state index is 0.956. The zero-order valence-electron chi connectivity index (χ0n) is 11.7. The lowest BCUT2D eigenvalue weighted by Crippen LogP contribution is -2.20. The monoisotopic (exact) mass is 303 g/mol. The first-order valence-corrected chi connectivity index (χ1v) is 8.38. The number of likely N-dealkylation sites (N-methyl/N-ethyl adjacent to an activating group) is 1. The van der Waals surface area contributed by atoms with Crippen molar-refractivity contribution >= 4 is 32.9 Å². The Kier molecular flexibility index (Phi) is 4.10. The highest BCUT2D eigenvalue weighted by atomic mass is 32.1. The Morgan fingerprint density at radius 3 is 2.95 bits per heavy atom. The molecule has 0 spiro atoms. The normalized spacial score (nSPS) is 11.6. The van der Waals surface area contributed by atoms with Crippen LogP contribution >= 0.6 is 22.7 Å². The number of fused-ring (bicyclic) bond motifs is 1. The Bertz CT molecular complexity index is 702. The molecule has 2 aromatic heterocycles. The molecule has 1 aromatic carbocycles. The van der Waals surface area contributed by atoms with Crippen LogP contribution in [-0.2, 0) is 13.0 Å². The Balaban J connectivity index is 1.58. The molecule has 3 nitrogen and oxygen atoms in total. The van der Waals surface area contributed by atoms with Gasteiger partial charge in [-0.3, -0.25) is 0 Å². The molecule has 0 N–H and O–H groups in total. The van der Waals surface area contributed by atoms with Crippen molar-refractivity contribution in [2.75, 3.05) is 13.6 Å². The van der Waals surface area contributed by atoms with E-state index in [9.17, 15) is 0 Å². The second-order valence-corrected chi connectivity index (χ2v) is 6.85. The third kappa shape index (κ3) is 3.23. The number of hydrogen-bond donors (Lipinski definition) is 0. The fourth-order valence-corrected chi connectivity index (χ4v) is 3.62. The van der Waals surface area contributed by atoms with E-state index in [-0.39, 0.29) is 0 Å². The summed E-state index contributed by atoms with van der Waals surface area (Å²) in [6.07, 6.45) is 1.02. The molecular weight excluding hydrogens is 286 g/mol. The molecule has 0 atom stereocenters. The first-order valence-electron chi connectivity index (χ1n) is 6.62. The Hall–Kier alpha value is -1.30. The third-order valence-corrected chi connectivity index (χ3v) is 5.06. The van der Waals surface area contributed by atoms with Crippen LogP contribution in [-0.4, -0.2) is 28.5 Å². The summed E-state index contributed by atoms with van der Waals surface area (Å²) in [4.78, 5) is 11.2. The van der Waals surface area contributed by atoms with Crippen molar-refractivity contribution in [1.82, 2.24) is 14.9 Å². The summed E-state index contributed by atoms with van der Waals surface area (Å²) in [5, 5.41) is 3.34. The Labute approximate surface area is 126 Å². The molecular formula is C15H17N3S2. The summed E-state index contributed by atoms with van der Waals surface area (Å²) in [6.45, 7) is 4.03. The summed E-state index contributed by atoms with van der Waals surface area (Å²) >= 11 is 3.45. The standard InChI is InChI=1S/C15H17N3S2/c1-11-9-19-15(17-11)5-6-18(2)8-12-3-4-14-13(7-12)16-10-20-14/h3-4,7,9-10H,5-6,8H2,1-2H3. The maximum atomic E-state index is 4.51. The van der Waals surface area contributed by atoms with E-state index in [1.807, 2.05) is 12.4 Å². The lowest BCUT2D eigenvalue weighted by molar-refractivity contribution is 0.331. The van der Waals surface area contributed by atoms with Crippen LogP contribution in [0.15, 0.2) is 29.1 Å². The molecule has 0 radical (unpaired) electrons. The van der Waals surface area contributed by atoms with Gasteiger partial charge in [-0.2, -0.15) is 0 Å². The number of nitrogens with zero attached hydrogens (tertiary/aromatic N) is 3. The molecule has 0 fully saturated rings. The van der Waals surface area contributed by atoms with Gasteiger partial charge in [0.25, 0.3) is 0 Å². The van der Waals surface area contributed by atoms with Crippen molar-refractivity contribution in [3.63, 3.8) is 0 Å². The minimum atomic E-state index is 0.956. The van der Waals surface area contributed by atoms with E-state index in [1.54, 1.807) is 22.7 Å². The number of benzene rings is 1.